The average molecular weight is 187 g/mol. The number of hydrogen-bond donors (Lipinski definition) is 3. The maximum Gasteiger partial charge on any atom is 0.0947 e. The van der Waals surface area contributed by atoms with Gasteiger partial charge in [-0.05, 0) is 20.4 Å². The van der Waals surface area contributed by atoms with Crippen LogP contribution in [-0.4, -0.2) is 42.1 Å². The van der Waals surface area contributed by atoms with Crippen LogP contribution in [0.3, 0.4) is 0 Å². The number of aliphatic hydroxyl groups is 1. The van der Waals surface area contributed by atoms with Gasteiger partial charge >= 0.3 is 0 Å². The van der Waals surface area contributed by atoms with Crippen molar-refractivity contribution in [3.63, 3.8) is 0 Å². The average Bonchev–Trinajstić information content (AvgIpc) is 2.00. The van der Waals surface area contributed by atoms with Crippen LogP contribution in [0.15, 0.2) is 0 Å². The van der Waals surface area contributed by atoms with E-state index in [1.165, 1.54) is 0 Å². The van der Waals surface area contributed by atoms with Crippen molar-refractivity contribution in [2.24, 2.45) is 11.7 Å². The van der Waals surface area contributed by atoms with Crippen LogP contribution in [0.4, 0.5) is 0 Å². The number of hydrogen-bond acceptors (Lipinski definition) is 3. The summed E-state index contributed by atoms with van der Waals surface area (Å²) < 4.78 is 0. The van der Waals surface area contributed by atoms with Gasteiger partial charge in [-0.1, -0.05) is 6.92 Å². The molecule has 0 radical (unpaired) electrons. The first-order valence-corrected chi connectivity index (χ1v) is 4.64. The van der Waals surface area contributed by atoms with Crippen molar-refractivity contribution < 1.29 is 5.11 Å². The van der Waals surface area contributed by atoms with Crippen molar-refractivity contribution >= 4 is 5.84 Å². The van der Waals surface area contributed by atoms with E-state index in [9.17, 15) is 0 Å². The molecule has 4 heteroatoms. The fraction of sp³-hybridized carbons (Fsp3) is 0.889. The van der Waals surface area contributed by atoms with E-state index in [2.05, 4.69) is 4.90 Å². The van der Waals surface area contributed by atoms with Crippen LogP contribution in [0, 0.1) is 11.3 Å². The summed E-state index contributed by atoms with van der Waals surface area (Å²) in [6.45, 7) is 5.33. The molecule has 4 nitrogen and oxygen atoms in total. The fourth-order valence-electron chi connectivity index (χ4n) is 1.06. The van der Waals surface area contributed by atoms with E-state index in [1.54, 1.807) is 6.92 Å². The highest BCUT2D eigenvalue weighted by Crippen LogP contribution is 1.99. The third-order valence-corrected chi connectivity index (χ3v) is 2.05. The van der Waals surface area contributed by atoms with E-state index in [0.29, 0.717) is 0 Å². The summed E-state index contributed by atoms with van der Waals surface area (Å²) >= 11 is 0. The predicted octanol–water partition coefficient (Wildman–Crippen LogP) is 0.261. The first-order valence-electron chi connectivity index (χ1n) is 4.64. The molecule has 78 valence electrons. The largest absolute Gasteiger partial charge is 0.393 e. The second-order valence-electron chi connectivity index (χ2n) is 3.76. The Hall–Kier alpha value is -0.610. The van der Waals surface area contributed by atoms with Gasteiger partial charge in [-0.15, -0.1) is 0 Å². The smallest absolute Gasteiger partial charge is 0.0947 e. The molecule has 0 aromatic rings. The van der Waals surface area contributed by atoms with Gasteiger partial charge in [-0.3, -0.25) is 5.41 Å². The lowest BCUT2D eigenvalue weighted by molar-refractivity contribution is 0.162. The minimum Gasteiger partial charge on any atom is -0.393 e. The van der Waals surface area contributed by atoms with E-state index in [1.807, 2.05) is 14.0 Å². The topological polar surface area (TPSA) is 73.3 Å². The Bertz CT molecular complexity index is 159. The monoisotopic (exact) mass is 187 g/mol. The number of aliphatic hydroxyl groups excluding tert-OH is 1. The van der Waals surface area contributed by atoms with E-state index in [-0.39, 0.29) is 17.9 Å². The SMILES string of the molecule is CC(O)CCN(C)CC(C)C(=N)N. The molecule has 0 rings (SSSR count). The van der Waals surface area contributed by atoms with Crippen LogP contribution >= 0.6 is 0 Å². The van der Waals surface area contributed by atoms with E-state index >= 15 is 0 Å². The molecule has 0 amide bonds. The van der Waals surface area contributed by atoms with Crippen molar-refractivity contribution in [3.8, 4) is 0 Å². The van der Waals surface area contributed by atoms with Gasteiger partial charge in [0, 0.05) is 19.0 Å². The summed E-state index contributed by atoms with van der Waals surface area (Å²) in [5.41, 5.74) is 5.35. The van der Waals surface area contributed by atoms with Crippen molar-refractivity contribution in [2.75, 3.05) is 20.1 Å². The number of amidine groups is 1. The Morgan fingerprint density at radius 2 is 2.08 bits per heavy atom. The van der Waals surface area contributed by atoms with Crippen molar-refractivity contribution in [3.05, 3.63) is 0 Å². The molecule has 0 aliphatic heterocycles. The lowest BCUT2D eigenvalue weighted by atomic mass is 10.1. The standard InChI is InChI=1S/C9H21N3O/c1-7(9(10)11)6-12(3)5-4-8(2)13/h7-8,13H,4-6H2,1-3H3,(H3,10,11). The van der Waals surface area contributed by atoms with Crippen molar-refractivity contribution in [1.29, 1.82) is 5.41 Å². The molecular weight excluding hydrogens is 166 g/mol. The van der Waals surface area contributed by atoms with Gasteiger partial charge < -0.3 is 15.7 Å². The van der Waals surface area contributed by atoms with Crippen LogP contribution in [-0.2, 0) is 0 Å². The highest BCUT2D eigenvalue weighted by atomic mass is 16.3. The summed E-state index contributed by atoms with van der Waals surface area (Å²) in [6, 6.07) is 0. The Labute approximate surface area is 80.2 Å². The Morgan fingerprint density at radius 3 is 2.46 bits per heavy atom. The maximum atomic E-state index is 9.05. The quantitative estimate of drug-likeness (QED) is 0.412. The first-order chi connectivity index (χ1) is 5.93. The minimum absolute atomic E-state index is 0.0963. The van der Waals surface area contributed by atoms with Crippen LogP contribution in [0.1, 0.15) is 20.3 Å². The molecule has 0 fully saturated rings. The number of nitrogens with one attached hydrogen (secondary N) is 1. The molecule has 0 heterocycles. The molecule has 0 saturated heterocycles. The summed E-state index contributed by atoms with van der Waals surface area (Å²) in [6.07, 6.45) is 0.510. The first kappa shape index (κ1) is 12.4. The highest BCUT2D eigenvalue weighted by molar-refractivity contribution is 5.79. The van der Waals surface area contributed by atoms with Gasteiger partial charge in [-0.2, -0.15) is 0 Å². The predicted molar refractivity (Wildman–Crippen MR) is 54.9 cm³/mol. The summed E-state index contributed by atoms with van der Waals surface area (Å²) in [5, 5.41) is 16.3. The molecule has 0 spiro atoms. The van der Waals surface area contributed by atoms with E-state index in [4.69, 9.17) is 16.2 Å². The van der Waals surface area contributed by atoms with Gasteiger partial charge in [0.25, 0.3) is 0 Å². The molecule has 13 heavy (non-hydrogen) atoms. The second-order valence-corrected chi connectivity index (χ2v) is 3.76. The zero-order valence-electron chi connectivity index (χ0n) is 8.75. The summed E-state index contributed by atoms with van der Waals surface area (Å²) in [7, 11) is 1.97. The molecular formula is C9H21N3O. The number of rotatable bonds is 6. The van der Waals surface area contributed by atoms with E-state index in [0.717, 1.165) is 19.5 Å². The molecule has 0 aliphatic rings. The molecule has 0 aromatic heterocycles. The van der Waals surface area contributed by atoms with Crippen LogP contribution in [0.25, 0.3) is 0 Å². The molecule has 2 atom stereocenters. The number of nitrogens with zero attached hydrogens (tertiary/aromatic N) is 1. The molecule has 0 saturated carbocycles. The summed E-state index contributed by atoms with van der Waals surface area (Å²) in [5.74, 6) is 0.322. The molecule has 0 aliphatic carbocycles. The van der Waals surface area contributed by atoms with Gasteiger partial charge in [0.15, 0.2) is 0 Å². The Morgan fingerprint density at radius 1 is 1.54 bits per heavy atom. The van der Waals surface area contributed by atoms with Gasteiger partial charge in [0.1, 0.15) is 0 Å². The lowest BCUT2D eigenvalue weighted by Gasteiger charge is -2.20. The third kappa shape index (κ3) is 6.54. The van der Waals surface area contributed by atoms with E-state index < -0.39 is 0 Å². The summed E-state index contributed by atoms with van der Waals surface area (Å²) in [4.78, 5) is 2.08. The molecule has 0 aromatic carbocycles. The number of nitrogens with two attached hydrogens (primary N) is 1. The van der Waals surface area contributed by atoms with Crippen LogP contribution in [0.2, 0.25) is 0 Å². The highest BCUT2D eigenvalue weighted by Gasteiger charge is 2.09. The maximum absolute atomic E-state index is 9.05. The zero-order chi connectivity index (χ0) is 10.4. The van der Waals surface area contributed by atoms with Crippen molar-refractivity contribution in [2.45, 2.75) is 26.4 Å². The Balaban J connectivity index is 3.61. The fourth-order valence-corrected chi connectivity index (χ4v) is 1.06. The van der Waals surface area contributed by atoms with Crippen LogP contribution in [0.5, 0.6) is 0 Å². The van der Waals surface area contributed by atoms with Gasteiger partial charge in [-0.25, -0.2) is 0 Å². The second kappa shape index (κ2) is 5.94. The normalized spacial score (nSPS) is 15.8. The Kier molecular flexibility index (Phi) is 5.66. The van der Waals surface area contributed by atoms with Gasteiger partial charge in [0.2, 0.25) is 0 Å². The van der Waals surface area contributed by atoms with Crippen molar-refractivity contribution in [1.82, 2.24) is 4.90 Å². The van der Waals surface area contributed by atoms with Gasteiger partial charge in [0.05, 0.1) is 11.9 Å². The molecule has 2 unspecified atom stereocenters. The molecule has 0 bridgehead atoms. The lowest BCUT2D eigenvalue weighted by Crippen LogP contribution is -2.33. The zero-order valence-corrected chi connectivity index (χ0v) is 8.75. The molecule has 4 N–H and O–H groups in total. The third-order valence-electron chi connectivity index (χ3n) is 2.05. The van der Waals surface area contributed by atoms with Crippen LogP contribution < -0.4 is 5.73 Å². The minimum atomic E-state index is -0.255.